The number of likely N-dealkylation sites (tertiary alicyclic amines) is 1. The number of rotatable bonds is 1. The Kier molecular flexibility index (Phi) is 2.31. The fraction of sp³-hybridized carbons (Fsp3) is 0.909. The summed E-state index contributed by atoms with van der Waals surface area (Å²) in [6, 6.07) is 0.490. The molecule has 0 unspecified atom stereocenters. The van der Waals surface area contributed by atoms with Crippen molar-refractivity contribution >= 4 is 5.91 Å². The van der Waals surface area contributed by atoms with E-state index >= 15 is 0 Å². The first-order chi connectivity index (χ1) is 6.18. The van der Waals surface area contributed by atoms with Gasteiger partial charge in [-0.3, -0.25) is 4.79 Å². The van der Waals surface area contributed by atoms with Crippen molar-refractivity contribution in [2.75, 3.05) is 6.54 Å². The van der Waals surface area contributed by atoms with Crippen molar-refractivity contribution in [3.05, 3.63) is 0 Å². The zero-order valence-electron chi connectivity index (χ0n) is 8.62. The molecule has 2 rings (SSSR count). The van der Waals surface area contributed by atoms with Gasteiger partial charge < -0.3 is 4.90 Å². The molecule has 1 amide bonds. The molecule has 1 aliphatic carbocycles. The number of hydrogen-bond donors (Lipinski definition) is 0. The van der Waals surface area contributed by atoms with Crippen LogP contribution < -0.4 is 0 Å². The van der Waals surface area contributed by atoms with E-state index in [1.165, 1.54) is 12.8 Å². The summed E-state index contributed by atoms with van der Waals surface area (Å²) in [6.07, 6.45) is 4.75. The lowest BCUT2D eigenvalue weighted by molar-refractivity contribution is -0.136. The summed E-state index contributed by atoms with van der Waals surface area (Å²) in [4.78, 5) is 14.0. The summed E-state index contributed by atoms with van der Waals surface area (Å²) in [6.45, 7) is 5.43. The maximum atomic E-state index is 11.8. The number of nitrogens with zero attached hydrogens (tertiary/aromatic N) is 1. The van der Waals surface area contributed by atoms with Crippen molar-refractivity contribution in [2.24, 2.45) is 11.8 Å². The van der Waals surface area contributed by atoms with Gasteiger partial charge in [-0.25, -0.2) is 0 Å². The molecule has 0 spiro atoms. The Labute approximate surface area is 80.3 Å². The van der Waals surface area contributed by atoms with Crippen LogP contribution in [0.1, 0.15) is 39.5 Å². The number of carbonyl (C=O) groups excluding carboxylic acids is 1. The minimum absolute atomic E-state index is 0.396. The van der Waals surface area contributed by atoms with Crippen molar-refractivity contribution in [2.45, 2.75) is 45.6 Å². The molecule has 13 heavy (non-hydrogen) atoms. The highest BCUT2D eigenvalue weighted by atomic mass is 16.2. The Morgan fingerprint density at radius 2 is 1.85 bits per heavy atom. The summed E-state index contributed by atoms with van der Waals surface area (Å²) < 4.78 is 0. The van der Waals surface area contributed by atoms with Crippen molar-refractivity contribution in [3.63, 3.8) is 0 Å². The summed E-state index contributed by atoms with van der Waals surface area (Å²) in [5.41, 5.74) is 0. The molecule has 2 nitrogen and oxygen atoms in total. The normalized spacial score (nSPS) is 34.8. The molecule has 1 aliphatic heterocycles. The van der Waals surface area contributed by atoms with E-state index in [0.717, 1.165) is 19.4 Å². The maximum Gasteiger partial charge on any atom is 0.225 e. The van der Waals surface area contributed by atoms with Gasteiger partial charge in [0.25, 0.3) is 0 Å². The van der Waals surface area contributed by atoms with Crippen LogP contribution in [0.4, 0.5) is 0 Å². The molecule has 0 aromatic rings. The molecule has 2 fully saturated rings. The summed E-state index contributed by atoms with van der Waals surface area (Å²) in [7, 11) is 0. The third kappa shape index (κ3) is 1.87. The van der Waals surface area contributed by atoms with Gasteiger partial charge in [-0.05, 0) is 38.5 Å². The summed E-state index contributed by atoms with van der Waals surface area (Å²) >= 11 is 0. The van der Waals surface area contributed by atoms with Crippen LogP contribution in [-0.2, 0) is 4.79 Å². The summed E-state index contributed by atoms with van der Waals surface area (Å²) in [5, 5.41) is 0. The van der Waals surface area contributed by atoms with E-state index in [9.17, 15) is 4.79 Å². The van der Waals surface area contributed by atoms with Crippen molar-refractivity contribution < 1.29 is 4.79 Å². The fourth-order valence-electron chi connectivity index (χ4n) is 2.16. The first-order valence-corrected chi connectivity index (χ1v) is 5.49. The highest BCUT2D eigenvalue weighted by molar-refractivity contribution is 5.81. The molecular weight excluding hydrogens is 162 g/mol. The van der Waals surface area contributed by atoms with Crippen LogP contribution in [0.3, 0.4) is 0 Å². The predicted octanol–water partition coefficient (Wildman–Crippen LogP) is 2.04. The second kappa shape index (κ2) is 3.32. The van der Waals surface area contributed by atoms with Gasteiger partial charge in [-0.1, -0.05) is 6.92 Å². The standard InChI is InChI=1S/C11H19NO/c1-8-3-4-9(2)12(7-8)11(13)10-5-6-10/h8-10H,3-7H2,1-2H3/t8-,9+/m0/s1. The van der Waals surface area contributed by atoms with Crippen LogP contribution >= 0.6 is 0 Å². The smallest absolute Gasteiger partial charge is 0.225 e. The van der Waals surface area contributed by atoms with Crippen LogP contribution in [0.25, 0.3) is 0 Å². The molecule has 0 aromatic heterocycles. The number of amides is 1. The third-order valence-corrected chi connectivity index (χ3v) is 3.33. The molecule has 0 N–H and O–H groups in total. The Hall–Kier alpha value is -0.530. The van der Waals surface area contributed by atoms with Crippen LogP contribution in [-0.4, -0.2) is 23.4 Å². The number of carbonyl (C=O) groups is 1. The largest absolute Gasteiger partial charge is 0.339 e. The Morgan fingerprint density at radius 1 is 1.15 bits per heavy atom. The number of piperidine rings is 1. The molecule has 1 heterocycles. The quantitative estimate of drug-likeness (QED) is 0.606. The molecule has 0 radical (unpaired) electrons. The van der Waals surface area contributed by atoms with Gasteiger partial charge in [0.15, 0.2) is 0 Å². The van der Waals surface area contributed by atoms with Gasteiger partial charge in [0.05, 0.1) is 0 Å². The van der Waals surface area contributed by atoms with E-state index in [1.54, 1.807) is 0 Å². The topological polar surface area (TPSA) is 20.3 Å². The second-order valence-corrected chi connectivity index (χ2v) is 4.80. The zero-order chi connectivity index (χ0) is 9.42. The van der Waals surface area contributed by atoms with Gasteiger partial charge >= 0.3 is 0 Å². The SMILES string of the molecule is C[C@H]1CC[C@@H](C)N(C(=O)C2CC2)C1. The second-order valence-electron chi connectivity index (χ2n) is 4.80. The van der Waals surface area contributed by atoms with Gasteiger partial charge in [0.2, 0.25) is 5.91 Å². The fourth-order valence-corrected chi connectivity index (χ4v) is 2.16. The Balaban J connectivity index is 1.97. The van der Waals surface area contributed by atoms with Crippen LogP contribution in [0.15, 0.2) is 0 Å². The lowest BCUT2D eigenvalue weighted by Crippen LogP contribution is -2.45. The van der Waals surface area contributed by atoms with E-state index in [0.29, 0.717) is 23.8 Å². The third-order valence-electron chi connectivity index (χ3n) is 3.33. The Morgan fingerprint density at radius 3 is 2.46 bits per heavy atom. The van der Waals surface area contributed by atoms with Gasteiger partial charge in [0, 0.05) is 18.5 Å². The van der Waals surface area contributed by atoms with E-state index < -0.39 is 0 Å². The molecule has 1 saturated carbocycles. The lowest BCUT2D eigenvalue weighted by atomic mass is 9.94. The number of hydrogen-bond acceptors (Lipinski definition) is 1. The van der Waals surface area contributed by atoms with Gasteiger partial charge in [-0.15, -0.1) is 0 Å². The molecule has 0 bridgehead atoms. The van der Waals surface area contributed by atoms with Crippen molar-refractivity contribution in [3.8, 4) is 0 Å². The molecule has 0 aromatic carbocycles. The minimum Gasteiger partial charge on any atom is -0.339 e. The van der Waals surface area contributed by atoms with Gasteiger partial charge in [-0.2, -0.15) is 0 Å². The van der Waals surface area contributed by atoms with Crippen LogP contribution in [0, 0.1) is 11.8 Å². The van der Waals surface area contributed by atoms with Gasteiger partial charge in [0.1, 0.15) is 0 Å². The average Bonchev–Trinajstić information content (AvgIpc) is 2.91. The van der Waals surface area contributed by atoms with E-state index in [1.807, 2.05) is 0 Å². The maximum absolute atomic E-state index is 11.8. The predicted molar refractivity (Wildman–Crippen MR) is 52.3 cm³/mol. The van der Waals surface area contributed by atoms with Crippen LogP contribution in [0.2, 0.25) is 0 Å². The summed E-state index contributed by atoms with van der Waals surface area (Å²) in [5.74, 6) is 1.53. The average molecular weight is 181 g/mol. The molecular formula is C11H19NO. The molecule has 2 heteroatoms. The van der Waals surface area contributed by atoms with E-state index in [2.05, 4.69) is 18.7 Å². The van der Waals surface area contributed by atoms with E-state index in [-0.39, 0.29) is 0 Å². The molecule has 74 valence electrons. The highest BCUT2D eigenvalue weighted by Crippen LogP contribution is 2.33. The van der Waals surface area contributed by atoms with Crippen LogP contribution in [0.5, 0.6) is 0 Å². The molecule has 2 aliphatic rings. The minimum atomic E-state index is 0.396. The lowest BCUT2D eigenvalue weighted by Gasteiger charge is -2.37. The Bertz CT molecular complexity index is 210. The highest BCUT2D eigenvalue weighted by Gasteiger charge is 2.36. The van der Waals surface area contributed by atoms with E-state index in [4.69, 9.17) is 0 Å². The first kappa shape index (κ1) is 9.04. The molecule has 2 atom stereocenters. The zero-order valence-corrected chi connectivity index (χ0v) is 8.62. The van der Waals surface area contributed by atoms with Crippen molar-refractivity contribution in [1.29, 1.82) is 0 Å². The first-order valence-electron chi connectivity index (χ1n) is 5.49. The monoisotopic (exact) mass is 181 g/mol. The molecule has 1 saturated heterocycles. The van der Waals surface area contributed by atoms with Crippen molar-refractivity contribution in [1.82, 2.24) is 4.90 Å².